The molecule has 0 saturated carbocycles. The van der Waals surface area contributed by atoms with Crippen molar-refractivity contribution in [2.75, 3.05) is 11.5 Å². The molecule has 1 heterocycles. The fourth-order valence-electron chi connectivity index (χ4n) is 2.17. The highest BCUT2D eigenvalue weighted by atomic mass is 32.2. The number of hydrogen-bond donors (Lipinski definition) is 1. The first-order valence-corrected chi connectivity index (χ1v) is 8.26. The van der Waals surface area contributed by atoms with Gasteiger partial charge in [-0.25, -0.2) is 0 Å². The summed E-state index contributed by atoms with van der Waals surface area (Å²) in [6, 6.07) is 17.2. The summed E-state index contributed by atoms with van der Waals surface area (Å²) in [6.07, 6.45) is 1.86. The first-order chi connectivity index (χ1) is 9.81. The second-order valence-electron chi connectivity index (χ2n) is 4.83. The van der Waals surface area contributed by atoms with Crippen molar-refractivity contribution in [3.05, 3.63) is 66.0 Å². The highest BCUT2D eigenvalue weighted by Gasteiger charge is 2.17. The third-order valence-electron chi connectivity index (χ3n) is 3.14. The van der Waals surface area contributed by atoms with Gasteiger partial charge in [0.05, 0.1) is 11.7 Å². The Kier molecular flexibility index (Phi) is 6.09. The molecule has 0 aliphatic heterocycles. The van der Waals surface area contributed by atoms with Crippen molar-refractivity contribution in [3.8, 4) is 0 Å². The van der Waals surface area contributed by atoms with Crippen molar-refractivity contribution in [3.63, 3.8) is 0 Å². The van der Waals surface area contributed by atoms with E-state index in [2.05, 4.69) is 60.5 Å². The number of hydrogen-bond acceptors (Lipinski definition) is 3. The van der Waals surface area contributed by atoms with E-state index in [1.165, 1.54) is 5.56 Å². The van der Waals surface area contributed by atoms with E-state index in [0.29, 0.717) is 6.04 Å². The highest BCUT2D eigenvalue weighted by molar-refractivity contribution is 7.99. The van der Waals surface area contributed by atoms with Crippen molar-refractivity contribution >= 4 is 11.8 Å². The van der Waals surface area contributed by atoms with E-state index in [-0.39, 0.29) is 6.04 Å². The maximum atomic E-state index is 4.52. The minimum atomic E-state index is 0.157. The quantitative estimate of drug-likeness (QED) is 0.835. The fraction of sp³-hybridized carbons (Fsp3) is 0.353. The summed E-state index contributed by atoms with van der Waals surface area (Å²) in [5, 5.41) is 3.70. The first kappa shape index (κ1) is 15.1. The maximum absolute atomic E-state index is 4.52. The van der Waals surface area contributed by atoms with Gasteiger partial charge < -0.3 is 5.32 Å². The smallest absolute Gasteiger partial charge is 0.0753 e. The summed E-state index contributed by atoms with van der Waals surface area (Å²) < 4.78 is 0. The zero-order valence-corrected chi connectivity index (χ0v) is 12.9. The van der Waals surface area contributed by atoms with Crippen molar-refractivity contribution in [2.45, 2.75) is 25.9 Å². The van der Waals surface area contributed by atoms with Crippen LogP contribution in [0, 0.1) is 0 Å². The van der Waals surface area contributed by atoms with Gasteiger partial charge in [-0.2, -0.15) is 11.8 Å². The number of rotatable bonds is 7. The van der Waals surface area contributed by atoms with Crippen molar-refractivity contribution in [1.29, 1.82) is 0 Å². The number of benzene rings is 1. The van der Waals surface area contributed by atoms with E-state index in [9.17, 15) is 0 Å². The van der Waals surface area contributed by atoms with Crippen molar-refractivity contribution in [2.24, 2.45) is 0 Å². The van der Waals surface area contributed by atoms with Crippen molar-refractivity contribution < 1.29 is 0 Å². The average molecular weight is 286 g/mol. The zero-order chi connectivity index (χ0) is 14.2. The standard InChI is InChI=1S/C17H22N2S/c1-3-20-13-14(2)19-17(15-9-5-4-6-10-15)16-11-7-8-12-18-16/h4-12,14,17,19H,3,13H2,1-2H3. The lowest BCUT2D eigenvalue weighted by Gasteiger charge is -2.23. The predicted octanol–water partition coefficient (Wildman–Crippen LogP) is 3.90. The molecule has 3 heteroatoms. The lowest BCUT2D eigenvalue weighted by atomic mass is 10.0. The lowest BCUT2D eigenvalue weighted by Crippen LogP contribution is -2.33. The van der Waals surface area contributed by atoms with E-state index in [1.54, 1.807) is 0 Å². The van der Waals surface area contributed by atoms with Crippen LogP contribution in [-0.4, -0.2) is 22.5 Å². The molecule has 106 valence electrons. The normalized spacial score (nSPS) is 13.9. The van der Waals surface area contributed by atoms with Gasteiger partial charge in [-0.1, -0.05) is 43.3 Å². The van der Waals surface area contributed by atoms with E-state index in [0.717, 1.165) is 17.2 Å². The van der Waals surface area contributed by atoms with Crippen LogP contribution in [0.1, 0.15) is 31.1 Å². The molecular formula is C17H22N2S. The summed E-state index contributed by atoms with van der Waals surface area (Å²) in [6.45, 7) is 4.44. The molecular weight excluding hydrogens is 264 g/mol. The first-order valence-electron chi connectivity index (χ1n) is 7.11. The van der Waals surface area contributed by atoms with Gasteiger partial charge in [0.25, 0.3) is 0 Å². The van der Waals surface area contributed by atoms with Gasteiger partial charge in [0.15, 0.2) is 0 Å². The average Bonchev–Trinajstić information content (AvgIpc) is 2.52. The van der Waals surface area contributed by atoms with Crippen LogP contribution in [-0.2, 0) is 0 Å². The molecule has 0 radical (unpaired) electrons. The number of pyridine rings is 1. The van der Waals surface area contributed by atoms with Crippen LogP contribution in [0.15, 0.2) is 54.7 Å². The van der Waals surface area contributed by atoms with Crippen LogP contribution < -0.4 is 5.32 Å². The molecule has 2 rings (SSSR count). The second kappa shape index (κ2) is 8.08. The van der Waals surface area contributed by atoms with E-state index < -0.39 is 0 Å². The topological polar surface area (TPSA) is 24.9 Å². The van der Waals surface area contributed by atoms with Crippen LogP contribution in [0.3, 0.4) is 0 Å². The molecule has 0 amide bonds. The van der Waals surface area contributed by atoms with E-state index >= 15 is 0 Å². The Morgan fingerprint density at radius 2 is 1.85 bits per heavy atom. The second-order valence-corrected chi connectivity index (χ2v) is 6.14. The number of thioether (sulfide) groups is 1. The van der Waals surface area contributed by atoms with Gasteiger partial charge in [-0.3, -0.25) is 4.98 Å². The molecule has 0 saturated heterocycles. The fourth-order valence-corrected chi connectivity index (χ4v) is 2.86. The molecule has 1 aromatic carbocycles. The monoisotopic (exact) mass is 286 g/mol. The molecule has 0 bridgehead atoms. The zero-order valence-electron chi connectivity index (χ0n) is 12.1. The van der Waals surface area contributed by atoms with E-state index in [4.69, 9.17) is 0 Å². The Balaban J connectivity index is 2.17. The maximum Gasteiger partial charge on any atom is 0.0753 e. The molecule has 2 nitrogen and oxygen atoms in total. The third-order valence-corrected chi connectivity index (χ3v) is 4.28. The molecule has 1 aromatic heterocycles. The minimum Gasteiger partial charge on any atom is -0.302 e. The van der Waals surface area contributed by atoms with Gasteiger partial charge in [0.2, 0.25) is 0 Å². The Morgan fingerprint density at radius 1 is 1.10 bits per heavy atom. The van der Waals surface area contributed by atoms with Gasteiger partial charge in [-0.05, 0) is 30.4 Å². The summed E-state index contributed by atoms with van der Waals surface area (Å²) in [5.74, 6) is 2.28. The predicted molar refractivity (Wildman–Crippen MR) is 88.1 cm³/mol. The van der Waals surface area contributed by atoms with Crippen LogP contribution in [0.25, 0.3) is 0 Å². The third kappa shape index (κ3) is 4.36. The molecule has 0 spiro atoms. The van der Waals surface area contributed by atoms with Gasteiger partial charge in [0.1, 0.15) is 0 Å². The molecule has 1 N–H and O–H groups in total. The molecule has 2 atom stereocenters. The minimum absolute atomic E-state index is 0.157. The molecule has 2 aromatic rings. The Hall–Kier alpha value is -1.32. The highest BCUT2D eigenvalue weighted by Crippen LogP contribution is 2.21. The lowest BCUT2D eigenvalue weighted by molar-refractivity contribution is 0.525. The van der Waals surface area contributed by atoms with Gasteiger partial charge >= 0.3 is 0 Å². The van der Waals surface area contributed by atoms with Crippen LogP contribution in [0.5, 0.6) is 0 Å². The molecule has 0 aliphatic carbocycles. The Morgan fingerprint density at radius 3 is 2.50 bits per heavy atom. The van der Waals surface area contributed by atoms with Gasteiger partial charge in [0, 0.05) is 18.0 Å². The van der Waals surface area contributed by atoms with Crippen molar-refractivity contribution in [1.82, 2.24) is 10.3 Å². The summed E-state index contributed by atoms with van der Waals surface area (Å²) in [4.78, 5) is 4.52. The number of nitrogens with one attached hydrogen (secondary N) is 1. The van der Waals surface area contributed by atoms with E-state index in [1.807, 2.05) is 30.1 Å². The molecule has 0 aliphatic rings. The largest absolute Gasteiger partial charge is 0.302 e. The summed E-state index contributed by atoms with van der Waals surface area (Å²) >= 11 is 1.97. The summed E-state index contributed by atoms with van der Waals surface area (Å²) in [5.41, 5.74) is 2.34. The van der Waals surface area contributed by atoms with Crippen LogP contribution in [0.4, 0.5) is 0 Å². The van der Waals surface area contributed by atoms with Gasteiger partial charge in [-0.15, -0.1) is 0 Å². The number of nitrogens with zero attached hydrogens (tertiary/aromatic N) is 1. The Labute approximate surface area is 126 Å². The molecule has 0 fully saturated rings. The Bertz CT molecular complexity index is 447. The summed E-state index contributed by atoms with van der Waals surface area (Å²) in [7, 11) is 0. The van der Waals surface area contributed by atoms with Crippen LogP contribution in [0.2, 0.25) is 0 Å². The van der Waals surface area contributed by atoms with Crippen LogP contribution >= 0.6 is 11.8 Å². The SMILES string of the molecule is CCSCC(C)NC(c1ccccc1)c1ccccn1. The molecule has 20 heavy (non-hydrogen) atoms. The number of aromatic nitrogens is 1. The molecule has 2 unspecified atom stereocenters.